The van der Waals surface area contributed by atoms with Gasteiger partial charge in [0.25, 0.3) is 0 Å². The molecule has 2 aliphatic rings. The number of nitrogens with one attached hydrogen (secondary N) is 1. The van der Waals surface area contributed by atoms with Crippen molar-refractivity contribution >= 4 is 43.6 Å². The van der Waals surface area contributed by atoms with E-state index < -0.39 is 15.4 Å². The predicted molar refractivity (Wildman–Crippen MR) is 148 cm³/mol. The van der Waals surface area contributed by atoms with Gasteiger partial charge >= 0.3 is 0 Å². The van der Waals surface area contributed by atoms with Gasteiger partial charge in [0.1, 0.15) is 17.1 Å². The van der Waals surface area contributed by atoms with Crippen molar-refractivity contribution in [2.45, 2.75) is 78.7 Å². The van der Waals surface area contributed by atoms with E-state index in [0.29, 0.717) is 37.5 Å². The van der Waals surface area contributed by atoms with Crippen molar-refractivity contribution < 1.29 is 13.2 Å². The number of para-hydroxylation sites is 1. The summed E-state index contributed by atoms with van der Waals surface area (Å²) in [7, 11) is -3.55. The molecule has 200 valence electrons. The van der Waals surface area contributed by atoms with Gasteiger partial charge in [-0.25, -0.2) is 23.1 Å². The molecule has 0 amide bonds. The summed E-state index contributed by atoms with van der Waals surface area (Å²) in [4.78, 5) is 22.2. The molecule has 0 spiro atoms. The minimum Gasteiger partial charge on any atom is -0.382 e. The second kappa shape index (κ2) is 9.66. The Bertz CT molecular complexity index is 1450. The summed E-state index contributed by atoms with van der Waals surface area (Å²) in [6.07, 6.45) is 6.60. The number of unbranched alkanes of at least 4 members (excludes halogenated alkanes) is 2. The molecule has 0 radical (unpaired) electrons. The summed E-state index contributed by atoms with van der Waals surface area (Å²) >= 11 is 0. The number of hydrogen-bond acceptors (Lipinski definition) is 6. The van der Waals surface area contributed by atoms with Gasteiger partial charge in [-0.05, 0) is 49.5 Å². The smallest absolute Gasteiger partial charge is 0.212 e. The number of carbonyl (C=O) groups is 1. The van der Waals surface area contributed by atoms with Crippen LogP contribution in [0.4, 0.5) is 5.82 Å². The number of nitrogens with zero attached hydrogens (tertiary/aromatic N) is 3. The molecule has 9 heteroatoms. The largest absolute Gasteiger partial charge is 0.382 e. The quantitative estimate of drug-likeness (QED) is 0.353. The van der Waals surface area contributed by atoms with Gasteiger partial charge in [-0.15, -0.1) is 0 Å². The molecule has 8 nitrogen and oxygen atoms in total. The molecular weight excluding hydrogens is 486 g/mol. The van der Waals surface area contributed by atoms with Gasteiger partial charge in [0.05, 0.1) is 16.8 Å². The average molecular weight is 526 g/mol. The van der Waals surface area contributed by atoms with Crippen LogP contribution in [0.15, 0.2) is 24.3 Å². The number of aromatic nitrogens is 3. The Morgan fingerprint density at radius 2 is 1.95 bits per heavy atom. The van der Waals surface area contributed by atoms with E-state index in [4.69, 9.17) is 10.7 Å². The molecular formula is C28H39N5O3S. The highest BCUT2D eigenvalue weighted by Crippen LogP contribution is 2.64. The number of benzene rings is 1. The van der Waals surface area contributed by atoms with E-state index in [9.17, 15) is 13.2 Å². The van der Waals surface area contributed by atoms with Crippen molar-refractivity contribution in [1.29, 1.82) is 0 Å². The standard InChI is InChI=1S/C28H39N5O3S/c1-4-5-12-23-32-24-25(20-10-6-7-11-21(20)31-26(24)29)33(23)16-9-8-15-30-37(35,36)18-28-14-13-19(17-22(28)34)27(28,2)3/h6-7,10-11,19,30H,4-5,8-9,12-18H2,1-3H3,(H2,29,31)/t19-,28?/m0/s1. The second-order valence-electron chi connectivity index (χ2n) is 11.5. The maximum absolute atomic E-state index is 13.0. The van der Waals surface area contributed by atoms with Gasteiger partial charge in [0, 0.05) is 36.7 Å². The summed E-state index contributed by atoms with van der Waals surface area (Å²) < 4.78 is 31.1. The second-order valence-corrected chi connectivity index (χ2v) is 13.3. The Balaban J connectivity index is 1.28. The summed E-state index contributed by atoms with van der Waals surface area (Å²) in [5.41, 5.74) is 7.90. The first kappa shape index (κ1) is 26.1. The Hall–Kier alpha value is -2.52. The van der Waals surface area contributed by atoms with E-state index in [-0.39, 0.29) is 17.0 Å². The minimum absolute atomic E-state index is 0.0894. The molecule has 5 rings (SSSR count). The number of sulfonamides is 1. The lowest BCUT2D eigenvalue weighted by molar-refractivity contribution is -0.128. The number of hydrogen-bond donors (Lipinski definition) is 2. The molecule has 1 unspecified atom stereocenters. The number of nitrogen functional groups attached to an aromatic ring is 1. The third-order valence-electron chi connectivity index (χ3n) is 9.15. The van der Waals surface area contributed by atoms with Crippen LogP contribution in [-0.4, -0.2) is 41.0 Å². The zero-order chi connectivity index (χ0) is 26.4. The maximum atomic E-state index is 13.0. The third-order valence-corrected chi connectivity index (χ3v) is 10.7. The third kappa shape index (κ3) is 4.44. The number of fused-ring (bicyclic) bond motifs is 5. The maximum Gasteiger partial charge on any atom is 0.212 e. The minimum atomic E-state index is -3.55. The van der Waals surface area contributed by atoms with Gasteiger partial charge < -0.3 is 10.3 Å². The van der Waals surface area contributed by atoms with Crippen LogP contribution >= 0.6 is 0 Å². The predicted octanol–water partition coefficient (Wildman–Crippen LogP) is 4.60. The van der Waals surface area contributed by atoms with E-state index in [0.717, 1.165) is 66.4 Å². The van der Waals surface area contributed by atoms with Crippen LogP contribution in [0.2, 0.25) is 0 Å². The molecule has 2 atom stereocenters. The number of imidazole rings is 1. The molecule has 37 heavy (non-hydrogen) atoms. The first-order valence-electron chi connectivity index (χ1n) is 13.6. The number of Topliss-reactive ketones (excluding diaryl/α,β-unsaturated/α-hetero) is 1. The number of carbonyl (C=O) groups excluding carboxylic acids is 1. The molecule has 2 bridgehead atoms. The Labute approximate surface area is 219 Å². The van der Waals surface area contributed by atoms with Gasteiger partial charge in [-0.1, -0.05) is 45.4 Å². The molecule has 3 N–H and O–H groups in total. The lowest BCUT2D eigenvalue weighted by atomic mass is 9.70. The summed E-state index contributed by atoms with van der Waals surface area (Å²) in [5.74, 6) is 1.79. The number of anilines is 1. The molecule has 0 aliphatic heterocycles. The van der Waals surface area contributed by atoms with Gasteiger partial charge in [0.2, 0.25) is 10.0 Å². The van der Waals surface area contributed by atoms with Crippen LogP contribution in [0.3, 0.4) is 0 Å². The topological polar surface area (TPSA) is 120 Å². The molecule has 2 aliphatic carbocycles. The van der Waals surface area contributed by atoms with Crippen molar-refractivity contribution in [3.8, 4) is 0 Å². The summed E-state index contributed by atoms with van der Waals surface area (Å²) in [6, 6.07) is 7.97. The zero-order valence-corrected chi connectivity index (χ0v) is 23.0. The van der Waals surface area contributed by atoms with Crippen LogP contribution in [0.1, 0.15) is 71.5 Å². The monoisotopic (exact) mass is 525 g/mol. The normalized spacial score (nSPS) is 23.0. The fraction of sp³-hybridized carbons (Fsp3) is 0.607. The number of ketones is 1. The van der Waals surface area contributed by atoms with Crippen LogP contribution in [0, 0.1) is 16.7 Å². The van der Waals surface area contributed by atoms with Crippen LogP contribution in [0.5, 0.6) is 0 Å². The van der Waals surface area contributed by atoms with Crippen molar-refractivity contribution in [3.63, 3.8) is 0 Å². The molecule has 2 saturated carbocycles. The summed E-state index contributed by atoms with van der Waals surface area (Å²) in [5, 5.41) is 1.03. The zero-order valence-electron chi connectivity index (χ0n) is 22.2. The Morgan fingerprint density at radius 3 is 2.65 bits per heavy atom. The van der Waals surface area contributed by atoms with E-state index in [1.807, 2.05) is 18.2 Å². The van der Waals surface area contributed by atoms with E-state index in [2.05, 4.69) is 41.1 Å². The highest BCUT2D eigenvalue weighted by Gasteiger charge is 2.65. The van der Waals surface area contributed by atoms with Crippen molar-refractivity contribution in [2.24, 2.45) is 16.7 Å². The van der Waals surface area contributed by atoms with E-state index in [1.54, 1.807) is 0 Å². The SMILES string of the molecule is CCCCc1nc2c(N)nc3ccccc3c2n1CCCCNS(=O)(=O)CC12CC[C@@H](CC1=O)C2(C)C. The van der Waals surface area contributed by atoms with Crippen LogP contribution < -0.4 is 10.5 Å². The average Bonchev–Trinajstić information content (AvgIpc) is 3.39. The molecule has 2 aromatic heterocycles. The Kier molecular flexibility index (Phi) is 6.81. The number of aryl methyl sites for hydroxylation is 2. The lowest BCUT2D eigenvalue weighted by Gasteiger charge is -2.36. The van der Waals surface area contributed by atoms with E-state index in [1.165, 1.54) is 0 Å². The molecule has 2 heterocycles. The number of nitrogens with two attached hydrogens (primary N) is 1. The molecule has 3 aromatic rings. The van der Waals surface area contributed by atoms with Crippen molar-refractivity contribution in [3.05, 3.63) is 30.1 Å². The van der Waals surface area contributed by atoms with E-state index >= 15 is 0 Å². The number of pyridine rings is 1. The fourth-order valence-electron chi connectivity index (χ4n) is 6.78. The van der Waals surface area contributed by atoms with Gasteiger partial charge in [-0.2, -0.15) is 0 Å². The van der Waals surface area contributed by atoms with Crippen molar-refractivity contribution in [2.75, 3.05) is 18.0 Å². The van der Waals surface area contributed by atoms with Crippen LogP contribution in [-0.2, 0) is 27.8 Å². The van der Waals surface area contributed by atoms with Gasteiger partial charge in [-0.3, -0.25) is 4.79 Å². The first-order valence-corrected chi connectivity index (χ1v) is 15.3. The highest BCUT2D eigenvalue weighted by atomic mass is 32.2. The Morgan fingerprint density at radius 1 is 1.16 bits per heavy atom. The fourth-order valence-corrected chi connectivity index (χ4v) is 8.66. The van der Waals surface area contributed by atoms with Crippen molar-refractivity contribution in [1.82, 2.24) is 19.3 Å². The van der Waals surface area contributed by atoms with Crippen LogP contribution in [0.25, 0.3) is 21.9 Å². The highest BCUT2D eigenvalue weighted by molar-refractivity contribution is 7.89. The lowest BCUT2D eigenvalue weighted by Crippen LogP contribution is -2.45. The summed E-state index contributed by atoms with van der Waals surface area (Å²) in [6.45, 7) is 7.39. The first-order chi connectivity index (χ1) is 17.6. The van der Waals surface area contributed by atoms with Gasteiger partial charge in [0.15, 0.2) is 5.82 Å². The number of rotatable bonds is 11. The molecule has 1 aromatic carbocycles. The molecule has 2 fully saturated rings. The molecule has 0 saturated heterocycles.